The van der Waals surface area contributed by atoms with Crippen LogP contribution in [-0.4, -0.2) is 63.5 Å². The molecule has 26 heavy (non-hydrogen) atoms. The molecule has 0 N–H and O–H groups in total. The van der Waals surface area contributed by atoms with E-state index in [1.54, 1.807) is 20.3 Å². The van der Waals surface area contributed by atoms with Gasteiger partial charge in [0.1, 0.15) is 4.70 Å². The molecule has 0 aliphatic carbocycles. The molecule has 0 fully saturated rings. The molecule has 146 valence electrons. The van der Waals surface area contributed by atoms with Gasteiger partial charge in [-0.15, -0.1) is 11.3 Å². The molecule has 0 bridgehead atoms. The summed E-state index contributed by atoms with van der Waals surface area (Å²) in [4.78, 5) is 14.6. The predicted molar refractivity (Wildman–Crippen MR) is 119 cm³/mol. The zero-order valence-electron chi connectivity index (χ0n) is 15.0. The fraction of sp³-hybridized carbons (Fsp3) is 0.588. The Balaban J connectivity index is 2.05. The molecule has 0 aliphatic rings. The maximum absolute atomic E-state index is 12.4. The average molecular weight is 482 g/mol. The van der Waals surface area contributed by atoms with Gasteiger partial charge in [-0.25, -0.2) is 0 Å². The van der Waals surface area contributed by atoms with Crippen LogP contribution in [0.5, 0.6) is 0 Å². The fourth-order valence-corrected chi connectivity index (χ4v) is 5.36. The van der Waals surface area contributed by atoms with Crippen LogP contribution in [-0.2, 0) is 9.47 Å². The van der Waals surface area contributed by atoms with E-state index in [-0.39, 0.29) is 5.43 Å². The van der Waals surface area contributed by atoms with Crippen LogP contribution in [0.15, 0.2) is 25.1 Å². The summed E-state index contributed by atoms with van der Waals surface area (Å²) in [6.45, 7) is 3.16. The second-order valence-corrected chi connectivity index (χ2v) is 9.57. The highest BCUT2D eigenvalue weighted by atomic mass is 79.9. The summed E-state index contributed by atoms with van der Waals surface area (Å²) in [5, 5.41) is 1.89. The number of fused-ring (bicyclic) bond motifs is 1. The van der Waals surface area contributed by atoms with Crippen molar-refractivity contribution in [2.75, 3.05) is 68.4 Å². The molecule has 0 unspecified atom stereocenters. The van der Waals surface area contributed by atoms with Crippen LogP contribution in [0.4, 0.5) is 5.88 Å². The second kappa shape index (κ2) is 12.3. The Bertz CT molecular complexity index is 708. The monoisotopic (exact) mass is 481 g/mol. The number of thiophene rings is 1. The molecule has 0 aromatic carbocycles. The molecule has 2 aromatic rings. The third-order valence-electron chi connectivity index (χ3n) is 3.57. The summed E-state index contributed by atoms with van der Waals surface area (Å²) in [6.07, 6.45) is 0. The van der Waals surface area contributed by atoms with Crippen molar-refractivity contribution in [2.24, 2.45) is 0 Å². The number of anilines is 1. The van der Waals surface area contributed by atoms with Crippen LogP contribution < -0.4 is 10.3 Å². The van der Waals surface area contributed by atoms with E-state index >= 15 is 0 Å². The highest BCUT2D eigenvalue weighted by Crippen LogP contribution is 2.31. The van der Waals surface area contributed by atoms with Crippen LogP contribution in [0.3, 0.4) is 0 Å². The van der Waals surface area contributed by atoms with Crippen molar-refractivity contribution < 1.29 is 13.9 Å². The molecule has 0 spiro atoms. The Labute approximate surface area is 174 Å². The Morgan fingerprint density at radius 1 is 1.12 bits per heavy atom. The number of hydrogen-bond donors (Lipinski definition) is 0. The SMILES string of the molecule is COCCSCCN(CCSCCOC)c1cc(=O)c2scc(Br)c2o1. The number of methoxy groups -OCH3 is 2. The summed E-state index contributed by atoms with van der Waals surface area (Å²) < 4.78 is 17.7. The summed E-state index contributed by atoms with van der Waals surface area (Å²) in [5.74, 6) is 4.48. The summed E-state index contributed by atoms with van der Waals surface area (Å²) >= 11 is 8.56. The van der Waals surface area contributed by atoms with Crippen molar-refractivity contribution in [2.45, 2.75) is 0 Å². The van der Waals surface area contributed by atoms with E-state index in [0.717, 1.165) is 53.8 Å². The van der Waals surface area contributed by atoms with Gasteiger partial charge >= 0.3 is 0 Å². The molecule has 5 nitrogen and oxygen atoms in total. The molecule has 2 aromatic heterocycles. The van der Waals surface area contributed by atoms with Crippen LogP contribution >= 0.6 is 50.8 Å². The van der Waals surface area contributed by atoms with E-state index in [2.05, 4.69) is 20.8 Å². The first-order valence-electron chi connectivity index (χ1n) is 8.26. The van der Waals surface area contributed by atoms with E-state index in [4.69, 9.17) is 13.9 Å². The van der Waals surface area contributed by atoms with Gasteiger partial charge in [0.25, 0.3) is 0 Å². The van der Waals surface area contributed by atoms with E-state index in [0.29, 0.717) is 16.2 Å². The van der Waals surface area contributed by atoms with Crippen LogP contribution in [0.25, 0.3) is 10.3 Å². The van der Waals surface area contributed by atoms with Gasteiger partial charge in [0.15, 0.2) is 11.5 Å². The third kappa shape index (κ3) is 6.76. The van der Waals surface area contributed by atoms with Gasteiger partial charge in [-0.1, -0.05) is 0 Å². The Kier molecular flexibility index (Phi) is 10.5. The smallest absolute Gasteiger partial charge is 0.204 e. The van der Waals surface area contributed by atoms with Crippen LogP contribution in [0, 0.1) is 0 Å². The number of thioether (sulfide) groups is 2. The average Bonchev–Trinajstić information content (AvgIpc) is 3.01. The first-order valence-corrected chi connectivity index (χ1v) is 12.2. The second-order valence-electron chi connectivity index (χ2n) is 5.39. The molecule has 0 amide bonds. The third-order valence-corrected chi connectivity index (χ3v) is 7.30. The highest BCUT2D eigenvalue weighted by molar-refractivity contribution is 9.10. The van der Waals surface area contributed by atoms with E-state index in [1.807, 2.05) is 28.9 Å². The normalized spacial score (nSPS) is 11.3. The first kappa shape index (κ1) is 22.1. The minimum Gasteiger partial charge on any atom is -0.438 e. The van der Waals surface area contributed by atoms with E-state index in [1.165, 1.54) is 11.3 Å². The van der Waals surface area contributed by atoms with Gasteiger partial charge in [-0.05, 0) is 15.9 Å². The van der Waals surface area contributed by atoms with Crippen molar-refractivity contribution in [1.82, 2.24) is 0 Å². The van der Waals surface area contributed by atoms with Crippen LogP contribution in [0.1, 0.15) is 0 Å². The molecule has 2 heterocycles. The van der Waals surface area contributed by atoms with Gasteiger partial charge in [0.05, 0.1) is 17.7 Å². The van der Waals surface area contributed by atoms with Gasteiger partial charge in [0, 0.05) is 61.8 Å². The zero-order chi connectivity index (χ0) is 18.8. The zero-order valence-corrected chi connectivity index (χ0v) is 19.0. The van der Waals surface area contributed by atoms with Gasteiger partial charge < -0.3 is 18.8 Å². The number of halogens is 1. The number of nitrogens with zero attached hydrogens (tertiary/aromatic N) is 1. The quantitative estimate of drug-likeness (QED) is 0.397. The Hall–Kier alpha value is -0.190. The van der Waals surface area contributed by atoms with E-state index < -0.39 is 0 Å². The molecular formula is C17H24BrNO4S3. The minimum atomic E-state index is 0.0148. The van der Waals surface area contributed by atoms with Gasteiger partial charge in [-0.2, -0.15) is 23.5 Å². The molecule has 0 radical (unpaired) electrons. The summed E-state index contributed by atoms with van der Waals surface area (Å²) in [6, 6.07) is 1.62. The maximum Gasteiger partial charge on any atom is 0.204 e. The summed E-state index contributed by atoms with van der Waals surface area (Å²) in [7, 11) is 3.43. The molecule has 0 atom stereocenters. The number of ether oxygens (including phenoxy) is 2. The lowest BCUT2D eigenvalue weighted by Gasteiger charge is -2.23. The molecule has 0 aliphatic heterocycles. The highest BCUT2D eigenvalue weighted by Gasteiger charge is 2.15. The van der Waals surface area contributed by atoms with Gasteiger partial charge in [0.2, 0.25) is 5.43 Å². The van der Waals surface area contributed by atoms with Crippen LogP contribution in [0.2, 0.25) is 0 Å². The molecule has 0 saturated heterocycles. The van der Waals surface area contributed by atoms with Crippen molar-refractivity contribution in [3.8, 4) is 0 Å². The van der Waals surface area contributed by atoms with Gasteiger partial charge in [-0.3, -0.25) is 4.79 Å². The first-order chi connectivity index (χ1) is 12.7. The molecule has 2 rings (SSSR count). The van der Waals surface area contributed by atoms with Crippen molar-refractivity contribution in [3.63, 3.8) is 0 Å². The lowest BCUT2D eigenvalue weighted by molar-refractivity contribution is 0.218. The standard InChI is InChI=1S/C17H24BrNO4S3/c1-21-5-9-24-7-3-19(4-8-25-10-6-22-2)15-11-14(20)17-16(23-15)13(18)12-26-17/h11-12H,3-10H2,1-2H3. The molecule has 0 saturated carbocycles. The van der Waals surface area contributed by atoms with E-state index in [9.17, 15) is 4.79 Å². The largest absolute Gasteiger partial charge is 0.438 e. The molecule has 9 heteroatoms. The maximum atomic E-state index is 12.4. The lowest BCUT2D eigenvalue weighted by Crippen LogP contribution is -2.29. The fourth-order valence-electron chi connectivity index (χ4n) is 2.23. The van der Waals surface area contributed by atoms with Crippen molar-refractivity contribution in [1.29, 1.82) is 0 Å². The topological polar surface area (TPSA) is 51.9 Å². The number of hydrogen-bond acceptors (Lipinski definition) is 8. The minimum absolute atomic E-state index is 0.0148. The Morgan fingerprint density at radius 2 is 1.73 bits per heavy atom. The van der Waals surface area contributed by atoms with Crippen molar-refractivity contribution >= 4 is 67.0 Å². The lowest BCUT2D eigenvalue weighted by atomic mass is 10.4. The molecular weight excluding hydrogens is 458 g/mol. The summed E-state index contributed by atoms with van der Waals surface area (Å²) in [5.41, 5.74) is 0.655. The van der Waals surface area contributed by atoms with Crippen molar-refractivity contribution in [3.05, 3.63) is 26.1 Å². The Morgan fingerprint density at radius 3 is 2.31 bits per heavy atom. The number of rotatable bonds is 13. The predicted octanol–water partition coefficient (Wildman–Crippen LogP) is 4.18.